The molecular formula is C19H25N5O3. The first-order valence-electron chi connectivity index (χ1n) is 9.07. The Morgan fingerprint density at radius 2 is 2.00 bits per heavy atom. The molecule has 8 heteroatoms. The second-order valence-corrected chi connectivity index (χ2v) is 6.48. The Balaban J connectivity index is 1.53. The summed E-state index contributed by atoms with van der Waals surface area (Å²) in [5.41, 5.74) is -0.155. The zero-order chi connectivity index (χ0) is 19.1. The van der Waals surface area contributed by atoms with Crippen LogP contribution in [0.5, 0.6) is 5.75 Å². The Hall–Kier alpha value is -2.87. The molecule has 27 heavy (non-hydrogen) atoms. The molecule has 1 fully saturated rings. The third kappa shape index (κ3) is 4.28. The van der Waals surface area contributed by atoms with Gasteiger partial charge in [0.2, 0.25) is 5.91 Å². The molecule has 3 N–H and O–H groups in total. The first kappa shape index (κ1) is 18.9. The van der Waals surface area contributed by atoms with Crippen LogP contribution in [0, 0.1) is 0 Å². The van der Waals surface area contributed by atoms with E-state index in [2.05, 4.69) is 21.0 Å². The standard InChI is InChI=1S/C19H25N5O3/c1-27-16-5-2-4-15(14-16)17(25)21-11-12-22-18(26)19(6-9-20-10-7-19)24-13-3-8-23-24/h2-5,8,13-14,20H,6-7,9-12H2,1H3,(H,21,25)(H,22,26). The highest BCUT2D eigenvalue weighted by molar-refractivity contribution is 5.94. The summed E-state index contributed by atoms with van der Waals surface area (Å²) in [4.78, 5) is 25.1. The Labute approximate surface area is 158 Å². The Morgan fingerprint density at radius 3 is 2.70 bits per heavy atom. The van der Waals surface area contributed by atoms with Crippen molar-refractivity contribution in [3.05, 3.63) is 48.3 Å². The molecule has 8 nitrogen and oxygen atoms in total. The van der Waals surface area contributed by atoms with Crippen LogP contribution in [0.25, 0.3) is 0 Å². The van der Waals surface area contributed by atoms with Crippen molar-refractivity contribution in [2.75, 3.05) is 33.3 Å². The number of ether oxygens (including phenoxy) is 1. The number of benzene rings is 1. The van der Waals surface area contributed by atoms with E-state index < -0.39 is 5.54 Å². The summed E-state index contributed by atoms with van der Waals surface area (Å²) in [6, 6.07) is 8.77. The Bertz CT molecular complexity index is 769. The number of carbonyl (C=O) groups excluding carboxylic acids is 2. The van der Waals surface area contributed by atoms with Gasteiger partial charge < -0.3 is 20.7 Å². The van der Waals surface area contributed by atoms with Gasteiger partial charge in [-0.2, -0.15) is 5.10 Å². The number of amides is 2. The molecule has 0 atom stereocenters. The van der Waals surface area contributed by atoms with Gasteiger partial charge in [-0.15, -0.1) is 0 Å². The van der Waals surface area contributed by atoms with Crippen molar-refractivity contribution in [2.45, 2.75) is 18.4 Å². The molecule has 0 bridgehead atoms. The Morgan fingerprint density at radius 1 is 1.22 bits per heavy atom. The third-order valence-electron chi connectivity index (χ3n) is 4.82. The average Bonchev–Trinajstić information content (AvgIpc) is 3.27. The van der Waals surface area contributed by atoms with Gasteiger partial charge in [0.1, 0.15) is 11.3 Å². The summed E-state index contributed by atoms with van der Waals surface area (Å²) in [5.74, 6) is 0.359. The second kappa shape index (κ2) is 8.68. The van der Waals surface area contributed by atoms with Crippen LogP contribution in [0.4, 0.5) is 0 Å². The molecule has 0 aliphatic carbocycles. The van der Waals surface area contributed by atoms with Gasteiger partial charge in [0.05, 0.1) is 7.11 Å². The van der Waals surface area contributed by atoms with Gasteiger partial charge in [-0.05, 0) is 50.2 Å². The number of nitrogens with one attached hydrogen (secondary N) is 3. The molecule has 0 saturated carbocycles. The van der Waals surface area contributed by atoms with E-state index in [0.717, 1.165) is 13.1 Å². The van der Waals surface area contributed by atoms with E-state index >= 15 is 0 Å². The van der Waals surface area contributed by atoms with E-state index in [-0.39, 0.29) is 11.8 Å². The molecule has 1 aliphatic heterocycles. The zero-order valence-electron chi connectivity index (χ0n) is 15.4. The lowest BCUT2D eigenvalue weighted by Gasteiger charge is -2.36. The average molecular weight is 371 g/mol. The van der Waals surface area contributed by atoms with E-state index in [9.17, 15) is 9.59 Å². The molecule has 0 spiro atoms. The predicted molar refractivity (Wildman–Crippen MR) is 101 cm³/mol. The maximum Gasteiger partial charge on any atom is 0.251 e. The highest BCUT2D eigenvalue weighted by Crippen LogP contribution is 2.27. The van der Waals surface area contributed by atoms with Gasteiger partial charge >= 0.3 is 0 Å². The van der Waals surface area contributed by atoms with Crippen molar-refractivity contribution in [2.24, 2.45) is 0 Å². The largest absolute Gasteiger partial charge is 0.497 e. The van der Waals surface area contributed by atoms with Gasteiger partial charge in [-0.25, -0.2) is 0 Å². The topological polar surface area (TPSA) is 97.3 Å². The predicted octanol–water partition coefficient (Wildman–Crippen LogP) is 0.517. The third-order valence-corrected chi connectivity index (χ3v) is 4.82. The molecule has 3 rings (SSSR count). The lowest BCUT2D eigenvalue weighted by Crippen LogP contribution is -2.55. The quantitative estimate of drug-likeness (QED) is 0.617. The minimum absolute atomic E-state index is 0.0664. The van der Waals surface area contributed by atoms with Crippen LogP contribution in [-0.4, -0.2) is 54.9 Å². The van der Waals surface area contributed by atoms with Crippen LogP contribution < -0.4 is 20.7 Å². The van der Waals surface area contributed by atoms with E-state index in [1.54, 1.807) is 42.3 Å². The molecule has 0 unspecified atom stereocenters. The molecule has 1 aliphatic rings. The monoisotopic (exact) mass is 371 g/mol. The van der Waals surface area contributed by atoms with Crippen molar-refractivity contribution in [1.29, 1.82) is 0 Å². The molecule has 144 valence electrons. The van der Waals surface area contributed by atoms with Crippen molar-refractivity contribution in [1.82, 2.24) is 25.7 Å². The van der Waals surface area contributed by atoms with Crippen molar-refractivity contribution in [3.63, 3.8) is 0 Å². The highest BCUT2D eigenvalue weighted by atomic mass is 16.5. The fourth-order valence-corrected chi connectivity index (χ4v) is 3.31. The molecule has 1 aromatic carbocycles. The van der Waals surface area contributed by atoms with Crippen LogP contribution in [0.2, 0.25) is 0 Å². The molecule has 2 amide bonds. The van der Waals surface area contributed by atoms with Crippen molar-refractivity contribution in [3.8, 4) is 5.75 Å². The fraction of sp³-hybridized carbons (Fsp3) is 0.421. The maximum atomic E-state index is 12.9. The number of rotatable bonds is 7. The van der Waals surface area contributed by atoms with E-state index in [1.165, 1.54) is 0 Å². The summed E-state index contributed by atoms with van der Waals surface area (Å²) in [6.45, 7) is 2.22. The van der Waals surface area contributed by atoms with Crippen molar-refractivity contribution < 1.29 is 14.3 Å². The number of aromatic nitrogens is 2. The lowest BCUT2D eigenvalue weighted by atomic mass is 9.87. The van der Waals surface area contributed by atoms with Crippen LogP contribution in [0.3, 0.4) is 0 Å². The number of carbonyl (C=O) groups is 2. The van der Waals surface area contributed by atoms with Gasteiger partial charge in [-0.1, -0.05) is 6.07 Å². The van der Waals surface area contributed by atoms with Crippen LogP contribution >= 0.6 is 0 Å². The van der Waals surface area contributed by atoms with Crippen LogP contribution in [-0.2, 0) is 10.3 Å². The first-order valence-corrected chi connectivity index (χ1v) is 9.07. The summed E-state index contributed by atoms with van der Waals surface area (Å²) in [6.07, 6.45) is 4.87. The van der Waals surface area contributed by atoms with Crippen LogP contribution in [0.1, 0.15) is 23.2 Å². The fourth-order valence-electron chi connectivity index (χ4n) is 3.31. The number of piperidine rings is 1. The number of hydrogen-bond donors (Lipinski definition) is 3. The van der Waals surface area contributed by atoms with Gasteiger partial charge in [0.15, 0.2) is 0 Å². The normalized spacial score (nSPS) is 15.7. The van der Waals surface area contributed by atoms with Crippen LogP contribution in [0.15, 0.2) is 42.7 Å². The summed E-state index contributed by atoms with van der Waals surface area (Å²) < 4.78 is 6.87. The molecule has 1 aromatic heterocycles. The van der Waals surface area contributed by atoms with Gasteiger partial charge in [-0.3, -0.25) is 14.3 Å². The summed E-state index contributed by atoms with van der Waals surface area (Å²) in [7, 11) is 1.56. The molecule has 1 saturated heterocycles. The molecule has 2 heterocycles. The van der Waals surface area contributed by atoms with Crippen molar-refractivity contribution >= 4 is 11.8 Å². The number of hydrogen-bond acceptors (Lipinski definition) is 5. The van der Waals surface area contributed by atoms with E-state index in [1.807, 2.05) is 12.3 Å². The van der Waals surface area contributed by atoms with Gasteiger partial charge in [0.25, 0.3) is 5.91 Å². The first-order chi connectivity index (χ1) is 13.2. The molecule has 2 aromatic rings. The minimum Gasteiger partial charge on any atom is -0.497 e. The smallest absolute Gasteiger partial charge is 0.251 e. The summed E-state index contributed by atoms with van der Waals surface area (Å²) >= 11 is 0. The van der Waals surface area contributed by atoms with E-state index in [0.29, 0.717) is 37.2 Å². The highest BCUT2D eigenvalue weighted by Gasteiger charge is 2.41. The molecular weight excluding hydrogens is 346 g/mol. The SMILES string of the molecule is COc1cccc(C(=O)NCCNC(=O)C2(n3cccn3)CCNCC2)c1. The minimum atomic E-state index is -0.675. The van der Waals surface area contributed by atoms with E-state index in [4.69, 9.17) is 4.74 Å². The number of nitrogens with zero attached hydrogens (tertiary/aromatic N) is 2. The zero-order valence-corrected chi connectivity index (χ0v) is 15.4. The summed E-state index contributed by atoms with van der Waals surface area (Å²) in [5, 5.41) is 13.3. The van der Waals surface area contributed by atoms with Gasteiger partial charge in [0, 0.05) is 31.0 Å². The lowest BCUT2D eigenvalue weighted by molar-refractivity contribution is -0.131. The number of methoxy groups -OCH3 is 1. The Kier molecular flexibility index (Phi) is 6.08. The second-order valence-electron chi connectivity index (χ2n) is 6.48. The molecule has 0 radical (unpaired) electrons. The maximum absolute atomic E-state index is 12.9.